The summed E-state index contributed by atoms with van der Waals surface area (Å²) in [5.41, 5.74) is 0.938. The summed E-state index contributed by atoms with van der Waals surface area (Å²) in [4.78, 5) is 23.9. The van der Waals surface area contributed by atoms with E-state index in [2.05, 4.69) is 15.5 Å². The van der Waals surface area contributed by atoms with E-state index < -0.39 is 17.8 Å². The number of H-pyrrole nitrogens is 1. The van der Waals surface area contributed by atoms with Crippen molar-refractivity contribution < 1.29 is 14.7 Å². The van der Waals surface area contributed by atoms with Gasteiger partial charge in [-0.3, -0.25) is 14.7 Å². The molecule has 1 saturated carbocycles. The molecule has 1 amide bonds. The normalized spacial score (nSPS) is 30.0. The van der Waals surface area contributed by atoms with E-state index in [1.165, 1.54) is 0 Å². The van der Waals surface area contributed by atoms with Crippen LogP contribution < -0.4 is 5.32 Å². The smallest absolute Gasteiger partial charge is 0.307 e. The average Bonchev–Trinajstić information content (AvgIpc) is 3.12. The van der Waals surface area contributed by atoms with Gasteiger partial charge in [0, 0.05) is 11.8 Å². The number of hydrogen-bond donors (Lipinski definition) is 3. The fourth-order valence-corrected chi connectivity index (χ4v) is 3.42. The SMILES string of the molecule is CC(C)c1cc(NC(=O)[C@H]2C3C=CC(C3)[C@H]2C(=O)O)n[nH]1. The van der Waals surface area contributed by atoms with Crippen LogP contribution >= 0.6 is 0 Å². The minimum Gasteiger partial charge on any atom is -0.481 e. The number of carboxylic acids is 1. The molecule has 3 N–H and O–H groups in total. The van der Waals surface area contributed by atoms with Crippen molar-refractivity contribution in [3.05, 3.63) is 23.9 Å². The number of anilines is 1. The third-order valence-corrected chi connectivity index (χ3v) is 4.52. The van der Waals surface area contributed by atoms with Crippen LogP contribution in [0.1, 0.15) is 31.9 Å². The van der Waals surface area contributed by atoms with Crippen LogP contribution in [0, 0.1) is 23.7 Å². The quantitative estimate of drug-likeness (QED) is 0.739. The molecule has 0 saturated heterocycles. The number of allylic oxidation sites excluding steroid dienone is 2. The fraction of sp³-hybridized carbons (Fsp3) is 0.533. The maximum atomic E-state index is 12.4. The number of fused-ring (bicyclic) bond motifs is 2. The Bertz CT molecular complexity index is 605. The standard InChI is InChI=1S/C15H19N3O3/c1-7(2)10-6-11(18-17-10)16-14(19)12-8-3-4-9(5-8)13(12)15(20)21/h3-4,6-9,12-13H,5H2,1-2H3,(H,20,21)(H2,16,17,18,19)/t8?,9?,12-,13+/m0/s1. The van der Waals surface area contributed by atoms with Crippen LogP contribution in [0.4, 0.5) is 5.82 Å². The zero-order chi connectivity index (χ0) is 15.1. The highest BCUT2D eigenvalue weighted by Crippen LogP contribution is 2.48. The van der Waals surface area contributed by atoms with Crippen LogP contribution in [-0.4, -0.2) is 27.2 Å². The van der Waals surface area contributed by atoms with Gasteiger partial charge in [0.15, 0.2) is 5.82 Å². The first-order valence-electron chi connectivity index (χ1n) is 7.24. The molecule has 4 atom stereocenters. The van der Waals surface area contributed by atoms with Gasteiger partial charge >= 0.3 is 5.97 Å². The lowest BCUT2D eigenvalue weighted by Gasteiger charge is -2.23. The Morgan fingerprint density at radius 3 is 2.57 bits per heavy atom. The van der Waals surface area contributed by atoms with Gasteiger partial charge in [-0.2, -0.15) is 5.10 Å². The van der Waals surface area contributed by atoms with Crippen LogP contribution in [0.15, 0.2) is 18.2 Å². The summed E-state index contributed by atoms with van der Waals surface area (Å²) in [5, 5.41) is 19.0. The average molecular weight is 289 g/mol. The van der Waals surface area contributed by atoms with Gasteiger partial charge in [0.25, 0.3) is 0 Å². The van der Waals surface area contributed by atoms with Gasteiger partial charge in [0.1, 0.15) is 0 Å². The van der Waals surface area contributed by atoms with E-state index in [0.29, 0.717) is 11.7 Å². The summed E-state index contributed by atoms with van der Waals surface area (Å²) in [6.07, 6.45) is 4.66. The van der Waals surface area contributed by atoms with E-state index in [0.717, 1.165) is 12.1 Å². The van der Waals surface area contributed by atoms with E-state index in [9.17, 15) is 14.7 Å². The van der Waals surface area contributed by atoms with Crippen molar-refractivity contribution in [1.29, 1.82) is 0 Å². The summed E-state index contributed by atoms with van der Waals surface area (Å²) in [7, 11) is 0. The minimum absolute atomic E-state index is 0.0198. The molecular weight excluding hydrogens is 270 g/mol. The molecule has 0 aliphatic heterocycles. The predicted molar refractivity (Wildman–Crippen MR) is 76.7 cm³/mol. The lowest BCUT2D eigenvalue weighted by atomic mass is 9.82. The van der Waals surface area contributed by atoms with Gasteiger partial charge in [0.2, 0.25) is 5.91 Å². The lowest BCUT2D eigenvalue weighted by molar-refractivity contribution is -0.146. The van der Waals surface area contributed by atoms with Crippen LogP contribution in [0.5, 0.6) is 0 Å². The topological polar surface area (TPSA) is 95.1 Å². The molecular formula is C15H19N3O3. The Morgan fingerprint density at radius 1 is 1.33 bits per heavy atom. The van der Waals surface area contributed by atoms with E-state index in [1.54, 1.807) is 6.07 Å². The molecule has 6 heteroatoms. The molecule has 112 valence electrons. The molecule has 0 spiro atoms. The molecule has 2 bridgehead atoms. The second-order valence-corrected chi connectivity index (χ2v) is 6.19. The number of aliphatic carboxylic acids is 1. The van der Waals surface area contributed by atoms with Gasteiger partial charge in [-0.1, -0.05) is 26.0 Å². The number of aromatic nitrogens is 2. The monoisotopic (exact) mass is 289 g/mol. The molecule has 1 fully saturated rings. The Labute approximate surface area is 122 Å². The molecule has 3 rings (SSSR count). The van der Waals surface area contributed by atoms with Crippen molar-refractivity contribution in [2.75, 3.05) is 5.32 Å². The van der Waals surface area contributed by atoms with Gasteiger partial charge in [-0.15, -0.1) is 0 Å². The third-order valence-electron chi connectivity index (χ3n) is 4.52. The second-order valence-electron chi connectivity index (χ2n) is 6.19. The van der Waals surface area contributed by atoms with Crippen molar-refractivity contribution in [1.82, 2.24) is 10.2 Å². The predicted octanol–water partition coefficient (Wildman–Crippen LogP) is 1.99. The molecule has 0 aromatic carbocycles. The van der Waals surface area contributed by atoms with Crippen molar-refractivity contribution in [3.8, 4) is 0 Å². The first kappa shape index (κ1) is 13.9. The molecule has 1 aromatic heterocycles. The Hall–Kier alpha value is -2.11. The molecule has 6 nitrogen and oxygen atoms in total. The van der Waals surface area contributed by atoms with Crippen molar-refractivity contribution in [3.63, 3.8) is 0 Å². The summed E-state index contributed by atoms with van der Waals surface area (Å²) >= 11 is 0. The largest absolute Gasteiger partial charge is 0.481 e. The Morgan fingerprint density at radius 2 is 2.00 bits per heavy atom. The third kappa shape index (κ3) is 2.34. The number of nitrogens with zero attached hydrogens (tertiary/aromatic N) is 1. The molecule has 21 heavy (non-hydrogen) atoms. The summed E-state index contributed by atoms with van der Waals surface area (Å²) in [5.74, 6) is -1.51. The number of amides is 1. The van der Waals surface area contributed by atoms with Crippen LogP contribution in [0.25, 0.3) is 0 Å². The number of carbonyl (C=O) groups excluding carboxylic acids is 1. The summed E-state index contributed by atoms with van der Waals surface area (Å²) in [6, 6.07) is 1.79. The fourth-order valence-electron chi connectivity index (χ4n) is 3.42. The first-order chi connectivity index (χ1) is 9.97. The zero-order valence-electron chi connectivity index (χ0n) is 12.0. The van der Waals surface area contributed by atoms with E-state index in [4.69, 9.17) is 0 Å². The van der Waals surface area contributed by atoms with E-state index in [1.807, 2.05) is 26.0 Å². The van der Waals surface area contributed by atoms with Gasteiger partial charge < -0.3 is 10.4 Å². The Balaban J connectivity index is 1.75. The highest BCUT2D eigenvalue weighted by molar-refractivity contribution is 5.95. The zero-order valence-corrected chi connectivity index (χ0v) is 12.0. The van der Waals surface area contributed by atoms with Crippen molar-refractivity contribution in [2.45, 2.75) is 26.2 Å². The van der Waals surface area contributed by atoms with Crippen molar-refractivity contribution >= 4 is 17.7 Å². The lowest BCUT2D eigenvalue weighted by Crippen LogP contribution is -2.36. The maximum Gasteiger partial charge on any atom is 0.307 e. The molecule has 2 aliphatic rings. The van der Waals surface area contributed by atoms with Crippen LogP contribution in [-0.2, 0) is 9.59 Å². The molecule has 1 aromatic rings. The maximum absolute atomic E-state index is 12.4. The summed E-state index contributed by atoms with van der Waals surface area (Å²) in [6.45, 7) is 4.06. The molecule has 0 radical (unpaired) electrons. The molecule has 2 unspecified atom stereocenters. The number of carbonyl (C=O) groups is 2. The molecule has 2 aliphatic carbocycles. The minimum atomic E-state index is -0.892. The van der Waals surface area contributed by atoms with Crippen molar-refractivity contribution in [2.24, 2.45) is 23.7 Å². The summed E-state index contributed by atoms with van der Waals surface area (Å²) < 4.78 is 0. The first-order valence-corrected chi connectivity index (χ1v) is 7.24. The highest BCUT2D eigenvalue weighted by Gasteiger charge is 2.51. The number of nitrogens with one attached hydrogen (secondary N) is 2. The van der Waals surface area contributed by atoms with E-state index in [-0.39, 0.29) is 17.7 Å². The number of rotatable bonds is 4. The van der Waals surface area contributed by atoms with E-state index >= 15 is 0 Å². The highest BCUT2D eigenvalue weighted by atomic mass is 16.4. The van der Waals surface area contributed by atoms with Crippen LogP contribution in [0.3, 0.4) is 0 Å². The number of hydrogen-bond acceptors (Lipinski definition) is 3. The van der Waals surface area contributed by atoms with Gasteiger partial charge in [-0.05, 0) is 24.2 Å². The second kappa shape index (κ2) is 5.02. The number of aromatic amines is 1. The van der Waals surface area contributed by atoms with Gasteiger partial charge in [-0.25, -0.2) is 0 Å². The molecule has 1 heterocycles. The van der Waals surface area contributed by atoms with Crippen LogP contribution in [0.2, 0.25) is 0 Å². The van der Waals surface area contributed by atoms with Gasteiger partial charge in [0.05, 0.1) is 11.8 Å². The number of carboxylic acid groups (broad SMARTS) is 1. The Kier molecular flexibility index (Phi) is 3.31.